The van der Waals surface area contributed by atoms with Gasteiger partial charge >= 0.3 is 0 Å². The van der Waals surface area contributed by atoms with Gasteiger partial charge in [-0.2, -0.15) is 5.26 Å². The van der Waals surface area contributed by atoms with Gasteiger partial charge in [0.2, 0.25) is 0 Å². The lowest BCUT2D eigenvalue weighted by Crippen LogP contribution is -2.29. The van der Waals surface area contributed by atoms with E-state index in [0.29, 0.717) is 30.0 Å². The predicted molar refractivity (Wildman–Crippen MR) is 78.8 cm³/mol. The first kappa shape index (κ1) is 14.1. The Morgan fingerprint density at radius 3 is 2.95 bits per heavy atom. The maximum Gasteiger partial charge on any atom is 0.150 e. The first-order chi connectivity index (χ1) is 9.58. The molecule has 4 nitrogen and oxygen atoms in total. The molecule has 2 N–H and O–H groups in total. The van der Waals surface area contributed by atoms with Gasteiger partial charge in [-0.05, 0) is 32.0 Å². The van der Waals surface area contributed by atoms with Crippen molar-refractivity contribution < 1.29 is 4.39 Å². The van der Waals surface area contributed by atoms with Crippen LogP contribution in [0.15, 0.2) is 24.4 Å². The van der Waals surface area contributed by atoms with E-state index in [9.17, 15) is 4.39 Å². The number of anilines is 2. The number of benzene rings is 1. The van der Waals surface area contributed by atoms with Crippen molar-refractivity contribution in [2.45, 2.75) is 13.8 Å². The number of hydrogen-bond donors (Lipinski definition) is 1. The molecule has 0 aliphatic heterocycles. The average molecular weight is 272 g/mol. The second-order valence-corrected chi connectivity index (χ2v) is 4.76. The zero-order valence-corrected chi connectivity index (χ0v) is 11.6. The molecule has 0 saturated heterocycles. The molecular formula is C15H17FN4. The summed E-state index contributed by atoms with van der Waals surface area (Å²) >= 11 is 0. The third kappa shape index (κ3) is 2.50. The lowest BCUT2D eigenvalue weighted by molar-refractivity contribution is 0.609. The Kier molecular flexibility index (Phi) is 4.04. The minimum Gasteiger partial charge on any atom is -0.398 e. The maximum absolute atomic E-state index is 14.3. The molecule has 2 rings (SSSR count). The van der Waals surface area contributed by atoms with E-state index in [1.165, 1.54) is 6.07 Å². The van der Waals surface area contributed by atoms with Crippen LogP contribution in [0.3, 0.4) is 0 Å². The third-order valence-electron chi connectivity index (χ3n) is 3.26. The van der Waals surface area contributed by atoms with Gasteiger partial charge in [-0.15, -0.1) is 0 Å². The minimum atomic E-state index is -0.402. The largest absolute Gasteiger partial charge is 0.398 e. The lowest BCUT2D eigenvalue weighted by atomic mass is 10.1. The number of halogens is 1. The van der Waals surface area contributed by atoms with Crippen molar-refractivity contribution in [2.75, 3.05) is 23.7 Å². The fourth-order valence-corrected chi connectivity index (χ4v) is 2.27. The molecule has 0 amide bonds. The van der Waals surface area contributed by atoms with Crippen LogP contribution in [0.4, 0.5) is 15.8 Å². The number of pyridine rings is 1. The van der Waals surface area contributed by atoms with Crippen LogP contribution in [-0.4, -0.2) is 18.1 Å². The number of nitrogen functional groups attached to an aromatic ring is 1. The van der Waals surface area contributed by atoms with Crippen LogP contribution in [0.2, 0.25) is 0 Å². The van der Waals surface area contributed by atoms with Crippen LogP contribution in [0.25, 0.3) is 10.9 Å². The van der Waals surface area contributed by atoms with Gasteiger partial charge in [0.25, 0.3) is 0 Å². The van der Waals surface area contributed by atoms with Gasteiger partial charge in [-0.3, -0.25) is 4.98 Å². The van der Waals surface area contributed by atoms with Crippen LogP contribution in [0, 0.1) is 23.1 Å². The summed E-state index contributed by atoms with van der Waals surface area (Å²) in [7, 11) is 0. The molecule has 2 aromatic rings. The SMILES string of the molecule is CCN(CC(C)C#N)c1c(F)cc(N)c2cccnc12. The van der Waals surface area contributed by atoms with E-state index in [4.69, 9.17) is 11.0 Å². The van der Waals surface area contributed by atoms with E-state index in [-0.39, 0.29) is 5.92 Å². The Morgan fingerprint density at radius 2 is 2.30 bits per heavy atom. The minimum absolute atomic E-state index is 0.189. The van der Waals surface area contributed by atoms with Gasteiger partial charge in [-0.1, -0.05) is 0 Å². The van der Waals surface area contributed by atoms with Crippen molar-refractivity contribution in [2.24, 2.45) is 5.92 Å². The van der Waals surface area contributed by atoms with Crippen LogP contribution in [0.5, 0.6) is 0 Å². The number of fused-ring (bicyclic) bond motifs is 1. The van der Waals surface area contributed by atoms with Crippen LogP contribution < -0.4 is 10.6 Å². The quantitative estimate of drug-likeness (QED) is 0.869. The predicted octanol–water partition coefficient (Wildman–Crippen LogP) is 2.94. The highest BCUT2D eigenvalue weighted by atomic mass is 19.1. The lowest BCUT2D eigenvalue weighted by Gasteiger charge is -2.26. The molecule has 1 unspecified atom stereocenters. The Labute approximate surface area is 117 Å². The normalized spacial score (nSPS) is 12.1. The Bertz CT molecular complexity index is 663. The summed E-state index contributed by atoms with van der Waals surface area (Å²) in [5.41, 5.74) is 7.17. The topological polar surface area (TPSA) is 65.9 Å². The number of nitrogens with zero attached hydrogens (tertiary/aromatic N) is 3. The average Bonchev–Trinajstić information content (AvgIpc) is 2.45. The fraction of sp³-hybridized carbons (Fsp3) is 0.333. The fourth-order valence-electron chi connectivity index (χ4n) is 2.27. The third-order valence-corrected chi connectivity index (χ3v) is 3.26. The van der Waals surface area contributed by atoms with E-state index in [1.807, 2.05) is 24.8 Å². The number of nitrogens with two attached hydrogens (primary N) is 1. The smallest absolute Gasteiger partial charge is 0.150 e. The number of aromatic nitrogens is 1. The van der Waals surface area contributed by atoms with Gasteiger partial charge < -0.3 is 10.6 Å². The van der Waals surface area contributed by atoms with Crippen molar-refractivity contribution in [3.8, 4) is 6.07 Å². The van der Waals surface area contributed by atoms with Gasteiger partial charge in [0.05, 0.1) is 23.2 Å². The molecule has 0 saturated carbocycles. The number of nitriles is 1. The van der Waals surface area contributed by atoms with Crippen LogP contribution in [-0.2, 0) is 0 Å². The molecule has 1 heterocycles. The first-order valence-electron chi connectivity index (χ1n) is 6.55. The zero-order chi connectivity index (χ0) is 14.7. The summed E-state index contributed by atoms with van der Waals surface area (Å²) in [6.07, 6.45) is 1.62. The van der Waals surface area contributed by atoms with E-state index in [1.54, 1.807) is 12.3 Å². The van der Waals surface area contributed by atoms with Crippen molar-refractivity contribution >= 4 is 22.3 Å². The highest BCUT2D eigenvalue weighted by Gasteiger charge is 2.18. The first-order valence-corrected chi connectivity index (χ1v) is 6.55. The number of rotatable bonds is 4. The van der Waals surface area contributed by atoms with Crippen LogP contribution in [0.1, 0.15) is 13.8 Å². The molecule has 0 aliphatic rings. The van der Waals surface area contributed by atoms with Crippen molar-refractivity contribution in [1.82, 2.24) is 4.98 Å². The van der Waals surface area contributed by atoms with Gasteiger partial charge in [0, 0.05) is 30.4 Å². The molecule has 1 atom stereocenters. The molecule has 0 aliphatic carbocycles. The molecule has 20 heavy (non-hydrogen) atoms. The van der Waals surface area contributed by atoms with Gasteiger partial charge in [-0.25, -0.2) is 4.39 Å². The monoisotopic (exact) mass is 272 g/mol. The standard InChI is InChI=1S/C15H17FN4/c1-3-20(9-10(2)8-17)15-12(16)7-13(18)11-5-4-6-19-14(11)15/h4-7,10H,3,9,18H2,1-2H3. The molecule has 0 spiro atoms. The molecule has 1 aromatic heterocycles. The van der Waals surface area contributed by atoms with Crippen molar-refractivity contribution in [1.29, 1.82) is 5.26 Å². The van der Waals surface area contributed by atoms with E-state index < -0.39 is 5.82 Å². The molecule has 104 valence electrons. The molecule has 1 aromatic carbocycles. The van der Waals surface area contributed by atoms with Gasteiger partial charge in [0.15, 0.2) is 5.82 Å². The van der Waals surface area contributed by atoms with Crippen molar-refractivity contribution in [3.05, 3.63) is 30.2 Å². The Balaban J connectivity index is 2.60. The second kappa shape index (κ2) is 5.74. The summed E-state index contributed by atoms with van der Waals surface area (Å²) in [5, 5.41) is 9.68. The highest BCUT2D eigenvalue weighted by molar-refractivity contribution is 5.98. The van der Waals surface area contributed by atoms with E-state index in [0.717, 1.165) is 5.39 Å². The summed E-state index contributed by atoms with van der Waals surface area (Å²) in [6.45, 7) is 4.79. The summed E-state index contributed by atoms with van der Waals surface area (Å²) in [4.78, 5) is 6.09. The second-order valence-electron chi connectivity index (χ2n) is 4.76. The molecule has 0 fully saturated rings. The van der Waals surface area contributed by atoms with Gasteiger partial charge in [0.1, 0.15) is 0 Å². The summed E-state index contributed by atoms with van der Waals surface area (Å²) in [6, 6.07) is 7.08. The molecule has 0 bridgehead atoms. The number of hydrogen-bond acceptors (Lipinski definition) is 4. The van der Waals surface area contributed by atoms with E-state index in [2.05, 4.69) is 11.1 Å². The van der Waals surface area contributed by atoms with E-state index >= 15 is 0 Å². The van der Waals surface area contributed by atoms with Crippen LogP contribution >= 0.6 is 0 Å². The highest BCUT2D eigenvalue weighted by Crippen LogP contribution is 2.32. The molecular weight excluding hydrogens is 255 g/mol. The molecule has 5 heteroatoms. The Morgan fingerprint density at radius 1 is 1.55 bits per heavy atom. The van der Waals surface area contributed by atoms with Crippen molar-refractivity contribution in [3.63, 3.8) is 0 Å². The Hall–Kier alpha value is -2.35. The maximum atomic E-state index is 14.3. The molecule has 0 radical (unpaired) electrons. The zero-order valence-electron chi connectivity index (χ0n) is 11.6. The summed E-state index contributed by atoms with van der Waals surface area (Å²) < 4.78 is 14.3. The summed E-state index contributed by atoms with van der Waals surface area (Å²) in [5.74, 6) is -0.591.